The van der Waals surface area contributed by atoms with Gasteiger partial charge >= 0.3 is 0 Å². The molecule has 0 amide bonds. The molecule has 2 N–H and O–H groups in total. The van der Waals surface area contributed by atoms with E-state index in [1.807, 2.05) is 12.3 Å². The first-order valence-electron chi connectivity index (χ1n) is 5.86. The van der Waals surface area contributed by atoms with E-state index >= 15 is 0 Å². The maximum Gasteiger partial charge on any atom is 0.141 e. The molecule has 1 saturated carbocycles. The first kappa shape index (κ1) is 10.9. The van der Waals surface area contributed by atoms with Crippen LogP contribution in [-0.4, -0.2) is 4.98 Å². The molecule has 1 aliphatic rings. The summed E-state index contributed by atoms with van der Waals surface area (Å²) in [6, 6.07) is 4.00. The molecule has 0 unspecified atom stereocenters. The molecule has 0 bridgehead atoms. The lowest BCUT2D eigenvalue weighted by molar-refractivity contribution is 0.347. The van der Waals surface area contributed by atoms with Gasteiger partial charge in [0.2, 0.25) is 0 Å². The minimum absolute atomic E-state index is 0.343. The predicted molar refractivity (Wildman–Crippen MR) is 63.7 cm³/mol. The SMILES string of the molecule is CC1CCC(c2cnc(N)c(C#N)c2)CC1. The molecule has 0 spiro atoms. The molecule has 1 aromatic heterocycles. The molecule has 0 aromatic carbocycles. The predicted octanol–water partition coefficient (Wildman–Crippen LogP) is 2.83. The number of aromatic nitrogens is 1. The Balaban J connectivity index is 2.18. The van der Waals surface area contributed by atoms with Gasteiger partial charge in [-0.25, -0.2) is 4.98 Å². The van der Waals surface area contributed by atoms with Crippen molar-refractivity contribution in [2.45, 2.75) is 38.5 Å². The van der Waals surface area contributed by atoms with E-state index in [4.69, 9.17) is 11.0 Å². The third kappa shape index (κ3) is 2.16. The molecule has 3 nitrogen and oxygen atoms in total. The topological polar surface area (TPSA) is 62.7 Å². The number of anilines is 1. The van der Waals surface area contributed by atoms with Gasteiger partial charge in [-0.2, -0.15) is 5.26 Å². The minimum Gasteiger partial charge on any atom is -0.383 e. The number of pyridine rings is 1. The van der Waals surface area contributed by atoms with Gasteiger partial charge in [-0.3, -0.25) is 0 Å². The lowest BCUT2D eigenvalue weighted by atomic mass is 9.80. The second-order valence-electron chi connectivity index (χ2n) is 4.77. The molecule has 0 saturated heterocycles. The van der Waals surface area contributed by atoms with Gasteiger partial charge in [-0.05, 0) is 36.3 Å². The van der Waals surface area contributed by atoms with Gasteiger partial charge in [0, 0.05) is 6.20 Å². The fraction of sp³-hybridized carbons (Fsp3) is 0.538. The number of hydrogen-bond acceptors (Lipinski definition) is 3. The van der Waals surface area contributed by atoms with Crippen LogP contribution in [0.1, 0.15) is 49.7 Å². The highest BCUT2D eigenvalue weighted by Gasteiger charge is 2.20. The van der Waals surface area contributed by atoms with Gasteiger partial charge < -0.3 is 5.73 Å². The molecule has 0 aliphatic heterocycles. The van der Waals surface area contributed by atoms with E-state index in [1.54, 1.807) is 0 Å². The monoisotopic (exact) mass is 215 g/mol. The van der Waals surface area contributed by atoms with Crippen LogP contribution in [0, 0.1) is 17.2 Å². The van der Waals surface area contributed by atoms with Gasteiger partial charge in [0.1, 0.15) is 11.9 Å². The van der Waals surface area contributed by atoms with Crippen molar-refractivity contribution in [3.63, 3.8) is 0 Å². The number of nitrogens with two attached hydrogens (primary N) is 1. The lowest BCUT2D eigenvalue weighted by Crippen LogP contribution is -2.11. The van der Waals surface area contributed by atoms with E-state index in [9.17, 15) is 0 Å². The van der Waals surface area contributed by atoms with E-state index in [1.165, 1.54) is 31.2 Å². The Hall–Kier alpha value is -1.56. The first-order chi connectivity index (χ1) is 7.70. The first-order valence-corrected chi connectivity index (χ1v) is 5.86. The summed E-state index contributed by atoms with van der Waals surface area (Å²) >= 11 is 0. The zero-order chi connectivity index (χ0) is 11.5. The molecule has 84 valence electrons. The number of nitrogens with zero attached hydrogens (tertiary/aromatic N) is 2. The van der Waals surface area contributed by atoms with Crippen LogP contribution >= 0.6 is 0 Å². The summed E-state index contributed by atoms with van der Waals surface area (Å²) in [4.78, 5) is 4.10. The average molecular weight is 215 g/mol. The molecule has 1 heterocycles. The maximum atomic E-state index is 8.91. The number of rotatable bonds is 1. The quantitative estimate of drug-likeness (QED) is 0.783. The van der Waals surface area contributed by atoms with Crippen molar-refractivity contribution in [3.8, 4) is 6.07 Å². The Morgan fingerprint density at radius 3 is 2.69 bits per heavy atom. The van der Waals surface area contributed by atoms with Crippen molar-refractivity contribution in [1.82, 2.24) is 4.98 Å². The smallest absolute Gasteiger partial charge is 0.141 e. The normalized spacial score (nSPS) is 25.0. The Labute approximate surface area is 96.3 Å². The van der Waals surface area contributed by atoms with Crippen molar-refractivity contribution >= 4 is 5.82 Å². The van der Waals surface area contributed by atoms with E-state index in [2.05, 4.69) is 18.0 Å². The molecule has 3 heteroatoms. The molecule has 0 atom stereocenters. The number of nitrogen functional groups attached to an aromatic ring is 1. The van der Waals surface area contributed by atoms with Crippen molar-refractivity contribution in [1.29, 1.82) is 5.26 Å². The van der Waals surface area contributed by atoms with E-state index in [0.29, 0.717) is 17.3 Å². The maximum absolute atomic E-state index is 8.91. The summed E-state index contributed by atoms with van der Waals surface area (Å²) in [6.45, 7) is 2.30. The Kier molecular flexibility index (Phi) is 3.09. The van der Waals surface area contributed by atoms with Crippen LogP contribution in [0.15, 0.2) is 12.3 Å². The molecular weight excluding hydrogens is 198 g/mol. The van der Waals surface area contributed by atoms with Crippen LogP contribution in [-0.2, 0) is 0 Å². The second kappa shape index (κ2) is 4.52. The van der Waals surface area contributed by atoms with E-state index in [-0.39, 0.29) is 0 Å². The van der Waals surface area contributed by atoms with Crippen molar-refractivity contribution < 1.29 is 0 Å². The molecule has 1 aromatic rings. The van der Waals surface area contributed by atoms with Crippen molar-refractivity contribution in [2.24, 2.45) is 5.92 Å². The summed E-state index contributed by atoms with van der Waals surface area (Å²) in [5.41, 5.74) is 7.31. The third-order valence-electron chi connectivity index (χ3n) is 3.55. The summed E-state index contributed by atoms with van der Waals surface area (Å²) < 4.78 is 0. The molecular formula is C13H17N3. The van der Waals surface area contributed by atoms with Crippen LogP contribution < -0.4 is 5.73 Å². The Morgan fingerprint density at radius 1 is 1.38 bits per heavy atom. The van der Waals surface area contributed by atoms with Gasteiger partial charge in [-0.15, -0.1) is 0 Å². The summed E-state index contributed by atoms with van der Waals surface area (Å²) in [6.07, 6.45) is 6.79. The van der Waals surface area contributed by atoms with Gasteiger partial charge in [0.15, 0.2) is 0 Å². The fourth-order valence-corrected chi connectivity index (χ4v) is 2.40. The van der Waals surface area contributed by atoms with Gasteiger partial charge in [0.05, 0.1) is 5.56 Å². The van der Waals surface area contributed by atoms with Crippen LogP contribution in [0.4, 0.5) is 5.82 Å². The van der Waals surface area contributed by atoms with Crippen LogP contribution in [0.2, 0.25) is 0 Å². The third-order valence-corrected chi connectivity index (χ3v) is 3.55. The van der Waals surface area contributed by atoms with E-state index in [0.717, 1.165) is 5.92 Å². The highest BCUT2D eigenvalue weighted by Crippen LogP contribution is 2.35. The van der Waals surface area contributed by atoms with Crippen LogP contribution in [0.25, 0.3) is 0 Å². The van der Waals surface area contributed by atoms with Crippen LogP contribution in [0.3, 0.4) is 0 Å². The Morgan fingerprint density at radius 2 is 2.06 bits per heavy atom. The van der Waals surface area contributed by atoms with Crippen molar-refractivity contribution in [2.75, 3.05) is 5.73 Å². The van der Waals surface area contributed by atoms with Crippen LogP contribution in [0.5, 0.6) is 0 Å². The zero-order valence-electron chi connectivity index (χ0n) is 9.61. The molecule has 1 aliphatic carbocycles. The number of nitriles is 1. The summed E-state index contributed by atoms with van der Waals surface area (Å²) in [5, 5.41) is 8.91. The summed E-state index contributed by atoms with van der Waals surface area (Å²) in [5.74, 6) is 1.75. The van der Waals surface area contributed by atoms with E-state index < -0.39 is 0 Å². The molecule has 0 radical (unpaired) electrons. The lowest BCUT2D eigenvalue weighted by Gasteiger charge is -2.26. The molecule has 1 fully saturated rings. The Bertz CT molecular complexity index is 412. The average Bonchev–Trinajstić information content (AvgIpc) is 2.31. The summed E-state index contributed by atoms with van der Waals surface area (Å²) in [7, 11) is 0. The zero-order valence-corrected chi connectivity index (χ0v) is 9.61. The standard InChI is InChI=1S/C13H17N3/c1-9-2-4-10(5-3-9)12-6-11(7-14)13(15)16-8-12/h6,8-10H,2-5H2,1H3,(H2,15,16). The van der Waals surface area contributed by atoms with Crippen molar-refractivity contribution in [3.05, 3.63) is 23.4 Å². The number of hydrogen-bond donors (Lipinski definition) is 1. The minimum atomic E-state index is 0.343. The fourth-order valence-electron chi connectivity index (χ4n) is 2.40. The van der Waals surface area contributed by atoms with Gasteiger partial charge in [0.25, 0.3) is 0 Å². The largest absolute Gasteiger partial charge is 0.383 e. The highest BCUT2D eigenvalue weighted by atomic mass is 14.8. The second-order valence-corrected chi connectivity index (χ2v) is 4.77. The highest BCUT2D eigenvalue weighted by molar-refractivity contribution is 5.49. The molecule has 16 heavy (non-hydrogen) atoms. The molecule has 2 rings (SSSR count). The van der Waals surface area contributed by atoms with Gasteiger partial charge in [-0.1, -0.05) is 19.8 Å².